The van der Waals surface area contributed by atoms with Crippen molar-refractivity contribution in [2.24, 2.45) is 4.99 Å². The molecule has 1 amide bonds. The Morgan fingerprint density at radius 1 is 1.28 bits per heavy atom. The highest BCUT2D eigenvalue weighted by Gasteiger charge is 2.15. The van der Waals surface area contributed by atoms with E-state index in [-0.39, 0.29) is 5.91 Å². The second-order valence-electron chi connectivity index (χ2n) is 5.34. The molecule has 0 aliphatic heterocycles. The van der Waals surface area contributed by atoms with E-state index in [1.165, 1.54) is 28.2 Å². The number of rotatable bonds is 5. The van der Waals surface area contributed by atoms with E-state index in [1.54, 1.807) is 17.8 Å². The molecule has 8 heteroatoms. The summed E-state index contributed by atoms with van der Waals surface area (Å²) in [7, 11) is 0. The van der Waals surface area contributed by atoms with Crippen molar-refractivity contribution in [1.82, 2.24) is 4.57 Å². The molecule has 0 saturated heterocycles. The predicted octanol–water partition coefficient (Wildman–Crippen LogP) is 5.74. The van der Waals surface area contributed by atoms with Crippen LogP contribution in [0, 0.1) is 0 Å². The van der Waals surface area contributed by atoms with Crippen LogP contribution in [0.4, 0.5) is 0 Å². The number of hydrogen-bond acceptors (Lipinski definition) is 4. The zero-order chi connectivity index (χ0) is 18.0. The standard InChI is InChI=1S/C17H16Cl2N2OS3/c1-3-10-4-5-12-13(8-10)24-17(21(12)6-7-23-2)20-16(22)11-9-14(18)25-15(11)19/h4-5,8-9H,3,6-7H2,1-2H3. The number of halogens is 2. The third-order valence-corrected chi connectivity index (χ3v) is 6.88. The fourth-order valence-corrected chi connectivity index (χ4v) is 5.39. The third-order valence-electron chi connectivity index (χ3n) is 3.76. The second kappa shape index (κ2) is 8.27. The monoisotopic (exact) mass is 430 g/mol. The first-order valence-electron chi connectivity index (χ1n) is 7.68. The van der Waals surface area contributed by atoms with Gasteiger partial charge in [0, 0.05) is 12.3 Å². The Kier molecular flexibility index (Phi) is 6.28. The number of fused-ring (bicyclic) bond motifs is 1. The van der Waals surface area contributed by atoms with Gasteiger partial charge in [-0.15, -0.1) is 11.3 Å². The molecule has 2 heterocycles. The van der Waals surface area contributed by atoms with Crippen molar-refractivity contribution >= 4 is 73.8 Å². The molecule has 3 rings (SSSR count). The fourth-order valence-electron chi connectivity index (χ4n) is 2.45. The Hall–Kier alpha value is -0.790. The fraction of sp³-hybridized carbons (Fsp3) is 0.294. The first-order valence-corrected chi connectivity index (χ1v) is 11.5. The smallest absolute Gasteiger partial charge is 0.282 e. The number of aryl methyl sites for hydroxylation is 2. The van der Waals surface area contributed by atoms with E-state index in [0.717, 1.165) is 28.9 Å². The Bertz CT molecular complexity index is 988. The summed E-state index contributed by atoms with van der Waals surface area (Å²) >= 11 is 16.5. The van der Waals surface area contributed by atoms with Crippen LogP contribution >= 0.6 is 57.6 Å². The molecule has 3 nitrogen and oxygen atoms in total. The topological polar surface area (TPSA) is 34.4 Å². The van der Waals surface area contributed by atoms with E-state index in [9.17, 15) is 4.79 Å². The molecule has 0 aliphatic rings. The lowest BCUT2D eigenvalue weighted by Gasteiger charge is -2.04. The molecule has 0 radical (unpaired) electrons. The molecule has 0 N–H and O–H groups in total. The summed E-state index contributed by atoms with van der Waals surface area (Å²) in [5.41, 5.74) is 2.74. The zero-order valence-electron chi connectivity index (χ0n) is 13.7. The molecular weight excluding hydrogens is 415 g/mol. The van der Waals surface area contributed by atoms with Crippen LogP contribution in [0.15, 0.2) is 29.3 Å². The molecule has 0 spiro atoms. The van der Waals surface area contributed by atoms with Gasteiger partial charge in [0.1, 0.15) is 4.34 Å². The van der Waals surface area contributed by atoms with Crippen molar-refractivity contribution in [2.75, 3.05) is 12.0 Å². The van der Waals surface area contributed by atoms with Crippen molar-refractivity contribution in [2.45, 2.75) is 19.9 Å². The van der Waals surface area contributed by atoms with Crippen molar-refractivity contribution in [3.05, 3.63) is 48.9 Å². The van der Waals surface area contributed by atoms with Gasteiger partial charge in [-0.2, -0.15) is 16.8 Å². The molecule has 3 aromatic rings. The summed E-state index contributed by atoms with van der Waals surface area (Å²) < 4.78 is 4.11. The van der Waals surface area contributed by atoms with Gasteiger partial charge < -0.3 is 4.57 Å². The highest BCUT2D eigenvalue weighted by atomic mass is 35.5. The van der Waals surface area contributed by atoms with Gasteiger partial charge in [0.05, 0.1) is 20.1 Å². The van der Waals surface area contributed by atoms with Crippen LogP contribution in [0.2, 0.25) is 8.67 Å². The third kappa shape index (κ3) is 4.14. The summed E-state index contributed by atoms with van der Waals surface area (Å²) in [5, 5.41) is 0. The average Bonchev–Trinajstić information content (AvgIpc) is 3.11. The molecule has 0 unspecified atom stereocenters. The van der Waals surface area contributed by atoms with Gasteiger partial charge in [-0.1, -0.05) is 47.5 Å². The minimum absolute atomic E-state index is 0.353. The Labute approximate surface area is 168 Å². The molecule has 25 heavy (non-hydrogen) atoms. The van der Waals surface area contributed by atoms with E-state index in [1.807, 2.05) is 0 Å². The summed E-state index contributed by atoms with van der Waals surface area (Å²) in [6, 6.07) is 8.00. The molecule has 0 saturated carbocycles. The van der Waals surface area contributed by atoms with Gasteiger partial charge in [0.2, 0.25) is 0 Å². The molecule has 1 aromatic carbocycles. The Morgan fingerprint density at radius 2 is 2.08 bits per heavy atom. The SMILES string of the molecule is CCc1ccc2c(c1)sc(=NC(=O)c1cc(Cl)sc1Cl)n2CCSC. The van der Waals surface area contributed by atoms with Gasteiger partial charge >= 0.3 is 0 Å². The van der Waals surface area contributed by atoms with Gasteiger partial charge in [0.25, 0.3) is 5.91 Å². The van der Waals surface area contributed by atoms with Crippen LogP contribution < -0.4 is 4.80 Å². The van der Waals surface area contributed by atoms with Crippen LogP contribution in [-0.4, -0.2) is 22.5 Å². The Morgan fingerprint density at radius 3 is 2.72 bits per heavy atom. The van der Waals surface area contributed by atoms with Gasteiger partial charge in [-0.3, -0.25) is 4.79 Å². The lowest BCUT2D eigenvalue weighted by molar-refractivity contribution is 0.0998. The molecule has 0 fully saturated rings. The highest BCUT2D eigenvalue weighted by Crippen LogP contribution is 2.31. The normalized spacial score (nSPS) is 12.2. The summed E-state index contributed by atoms with van der Waals surface area (Å²) in [6.07, 6.45) is 3.05. The summed E-state index contributed by atoms with van der Waals surface area (Å²) in [5.74, 6) is 0.599. The number of thioether (sulfide) groups is 1. The minimum atomic E-state index is -0.353. The number of aromatic nitrogens is 1. The number of thiazole rings is 1. The van der Waals surface area contributed by atoms with Crippen LogP contribution in [-0.2, 0) is 13.0 Å². The number of carbonyl (C=O) groups is 1. The largest absolute Gasteiger partial charge is 0.316 e. The number of benzene rings is 1. The van der Waals surface area contributed by atoms with E-state index >= 15 is 0 Å². The van der Waals surface area contributed by atoms with E-state index < -0.39 is 0 Å². The molecule has 0 bridgehead atoms. The average molecular weight is 431 g/mol. The van der Waals surface area contributed by atoms with Crippen LogP contribution in [0.25, 0.3) is 10.2 Å². The lowest BCUT2D eigenvalue weighted by Crippen LogP contribution is -2.18. The molecular formula is C17H16Cl2N2OS3. The maximum Gasteiger partial charge on any atom is 0.282 e. The highest BCUT2D eigenvalue weighted by molar-refractivity contribution is 7.98. The first-order chi connectivity index (χ1) is 12.0. The lowest BCUT2D eigenvalue weighted by atomic mass is 10.2. The second-order valence-corrected chi connectivity index (χ2v) is 9.62. The molecule has 132 valence electrons. The zero-order valence-corrected chi connectivity index (χ0v) is 17.7. The van der Waals surface area contributed by atoms with Crippen LogP contribution in [0.5, 0.6) is 0 Å². The number of hydrogen-bond donors (Lipinski definition) is 0. The van der Waals surface area contributed by atoms with E-state index in [0.29, 0.717) is 19.0 Å². The predicted molar refractivity (Wildman–Crippen MR) is 112 cm³/mol. The number of nitrogens with zero attached hydrogens (tertiary/aromatic N) is 2. The van der Waals surface area contributed by atoms with Crippen molar-refractivity contribution < 1.29 is 4.79 Å². The Balaban J connectivity index is 2.12. The number of amides is 1. The summed E-state index contributed by atoms with van der Waals surface area (Å²) in [6.45, 7) is 2.94. The minimum Gasteiger partial charge on any atom is -0.316 e. The maximum atomic E-state index is 12.6. The van der Waals surface area contributed by atoms with Crippen LogP contribution in [0.3, 0.4) is 0 Å². The van der Waals surface area contributed by atoms with E-state index in [2.05, 4.69) is 40.9 Å². The van der Waals surface area contributed by atoms with Gasteiger partial charge in [-0.25, -0.2) is 0 Å². The van der Waals surface area contributed by atoms with Gasteiger partial charge in [-0.05, 0) is 36.4 Å². The van der Waals surface area contributed by atoms with Crippen molar-refractivity contribution in [1.29, 1.82) is 0 Å². The summed E-state index contributed by atoms with van der Waals surface area (Å²) in [4.78, 5) is 17.6. The quantitative estimate of drug-likeness (QED) is 0.517. The van der Waals surface area contributed by atoms with Gasteiger partial charge in [0.15, 0.2) is 4.80 Å². The van der Waals surface area contributed by atoms with Crippen molar-refractivity contribution in [3.63, 3.8) is 0 Å². The molecule has 2 aromatic heterocycles. The maximum absolute atomic E-state index is 12.6. The number of thiophene rings is 1. The first kappa shape index (κ1) is 19.0. The molecule has 0 atom stereocenters. The molecule has 0 aliphatic carbocycles. The van der Waals surface area contributed by atoms with Crippen molar-refractivity contribution in [3.8, 4) is 0 Å². The number of carbonyl (C=O) groups excluding carboxylic acids is 1. The van der Waals surface area contributed by atoms with E-state index in [4.69, 9.17) is 23.2 Å². The van der Waals surface area contributed by atoms with Crippen LogP contribution in [0.1, 0.15) is 22.8 Å².